The van der Waals surface area contributed by atoms with Gasteiger partial charge in [-0.2, -0.15) is 5.82 Å². The summed E-state index contributed by atoms with van der Waals surface area (Å²) in [6, 6.07) is 0. The lowest BCUT2D eigenvalue weighted by molar-refractivity contribution is -0.113. The Balaban J connectivity index is 3.52. The van der Waals surface area contributed by atoms with Crippen LogP contribution in [0.15, 0.2) is 0 Å². The van der Waals surface area contributed by atoms with Crippen molar-refractivity contribution >= 4 is 13.6 Å². The normalized spacial score (nSPS) is 6.43. The van der Waals surface area contributed by atoms with Gasteiger partial charge in [0.15, 0.2) is 7.85 Å². The van der Waals surface area contributed by atoms with E-state index in [4.69, 9.17) is 0 Å². The summed E-state index contributed by atoms with van der Waals surface area (Å²) in [7, 11) is 1.66. The van der Waals surface area contributed by atoms with Crippen LogP contribution < -0.4 is 0 Å². The molecule has 0 radical (unpaired) electrons. The van der Waals surface area contributed by atoms with Crippen LogP contribution in [-0.2, 0) is 4.79 Å². The van der Waals surface area contributed by atoms with E-state index in [9.17, 15) is 4.79 Å². The summed E-state index contributed by atoms with van der Waals surface area (Å²) in [5, 5.41) is 0. The molecule has 0 aliphatic carbocycles. The third-order valence-electron chi connectivity index (χ3n) is 0.586. The van der Waals surface area contributed by atoms with E-state index in [1.807, 2.05) is 0 Å². The van der Waals surface area contributed by atoms with Crippen molar-refractivity contribution in [1.82, 2.24) is 0 Å². The lowest BCUT2D eigenvalue weighted by atomic mass is 10.1. The van der Waals surface area contributed by atoms with Gasteiger partial charge < -0.3 is 0 Å². The van der Waals surface area contributed by atoms with Crippen molar-refractivity contribution in [2.45, 2.75) is 13.3 Å². The monoisotopic (exact) mass is 94.1 g/mol. The summed E-state index contributed by atoms with van der Waals surface area (Å²) in [5.41, 5.74) is 0. The Kier molecular flexibility index (Phi) is 3.13. The Bertz CT molecular complexity index is 118. The summed E-state index contributed by atoms with van der Waals surface area (Å²) in [4.78, 5) is 10.2. The maximum Gasteiger partial charge on any atom is 0.204 e. The fourth-order valence-corrected chi connectivity index (χ4v) is 0.228. The van der Waals surface area contributed by atoms with E-state index < -0.39 is 0 Å². The highest BCUT2D eigenvalue weighted by Crippen LogP contribution is 1.73. The Morgan fingerprint density at radius 1 is 1.86 bits per heavy atom. The van der Waals surface area contributed by atoms with E-state index in [0.29, 0.717) is 6.42 Å². The van der Waals surface area contributed by atoms with Crippen molar-refractivity contribution < 1.29 is 4.79 Å². The molecule has 0 N–H and O–H groups in total. The van der Waals surface area contributed by atoms with Crippen LogP contribution in [0.1, 0.15) is 13.3 Å². The fraction of sp³-hybridized carbons (Fsp3) is 0.400. The topological polar surface area (TPSA) is 17.1 Å². The van der Waals surface area contributed by atoms with E-state index in [1.165, 1.54) is 0 Å². The lowest BCUT2D eigenvalue weighted by Crippen LogP contribution is -1.86. The van der Waals surface area contributed by atoms with Crippen LogP contribution in [0, 0.1) is 11.7 Å². The molecule has 0 aliphatic rings. The lowest BCUT2D eigenvalue weighted by Gasteiger charge is -1.73. The third-order valence-corrected chi connectivity index (χ3v) is 0.586. The quantitative estimate of drug-likeness (QED) is 0.318. The number of hydrogen-bond acceptors (Lipinski definition) is 1. The van der Waals surface area contributed by atoms with Gasteiger partial charge in [-0.15, -0.1) is 0 Å². The molecule has 0 aromatic rings. The molecule has 0 aromatic heterocycles. The van der Waals surface area contributed by atoms with Crippen molar-refractivity contribution in [1.29, 1.82) is 0 Å². The predicted molar refractivity (Wildman–Crippen MR) is 31.6 cm³/mol. The molecule has 2 heteroatoms. The second-order valence-electron chi connectivity index (χ2n) is 1.15. The fourth-order valence-electron chi connectivity index (χ4n) is 0.228. The second kappa shape index (κ2) is 3.48. The van der Waals surface area contributed by atoms with Gasteiger partial charge in [-0.3, -0.25) is 4.79 Å². The minimum Gasteiger partial charge on any atom is -0.285 e. The number of ketones is 1. The summed E-state index contributed by atoms with van der Waals surface area (Å²) >= 11 is 0. The maximum atomic E-state index is 10.2. The molecule has 0 atom stereocenters. The summed E-state index contributed by atoms with van der Waals surface area (Å²) in [5.74, 6) is 4.94. The standard InChI is InChI=1S/C5H7BO/c1-2-5(7)3-4-6/h2,6H2,1H3. The minimum atomic E-state index is 0.0162. The molecule has 0 fully saturated rings. The highest BCUT2D eigenvalue weighted by Gasteiger charge is 1.83. The first-order valence-corrected chi connectivity index (χ1v) is 2.26. The molecule has 0 aliphatic heterocycles. The van der Waals surface area contributed by atoms with Gasteiger partial charge in [-0.25, -0.2) is 0 Å². The van der Waals surface area contributed by atoms with Gasteiger partial charge in [0.05, 0.1) is 0 Å². The summed E-state index contributed by atoms with van der Waals surface area (Å²) in [6.45, 7) is 1.80. The molecule has 7 heavy (non-hydrogen) atoms. The molecule has 0 unspecified atom stereocenters. The SMILES string of the molecule is BC#CC(=O)CC. The van der Waals surface area contributed by atoms with E-state index in [2.05, 4.69) is 11.7 Å². The van der Waals surface area contributed by atoms with Gasteiger partial charge in [-0.05, 0) is 5.92 Å². The predicted octanol–water partition coefficient (Wildman–Crippen LogP) is -0.441. The maximum absolute atomic E-state index is 10.2. The average molecular weight is 93.9 g/mol. The van der Waals surface area contributed by atoms with E-state index in [-0.39, 0.29) is 5.78 Å². The van der Waals surface area contributed by atoms with Crippen molar-refractivity contribution in [2.75, 3.05) is 0 Å². The molecule has 0 spiro atoms. The molecule has 0 saturated heterocycles. The van der Waals surface area contributed by atoms with Crippen molar-refractivity contribution in [2.24, 2.45) is 0 Å². The van der Waals surface area contributed by atoms with Crippen LogP contribution in [0.4, 0.5) is 0 Å². The minimum absolute atomic E-state index is 0.0162. The van der Waals surface area contributed by atoms with Crippen molar-refractivity contribution in [3.8, 4) is 11.7 Å². The second-order valence-corrected chi connectivity index (χ2v) is 1.15. The van der Waals surface area contributed by atoms with Gasteiger partial charge in [0, 0.05) is 6.42 Å². The first-order valence-electron chi connectivity index (χ1n) is 2.26. The molecule has 0 saturated carbocycles. The first-order chi connectivity index (χ1) is 3.31. The zero-order chi connectivity index (χ0) is 5.70. The van der Waals surface area contributed by atoms with Crippen LogP contribution in [-0.4, -0.2) is 13.6 Å². The highest BCUT2D eigenvalue weighted by molar-refractivity contribution is 6.24. The number of carbonyl (C=O) groups excluding carboxylic acids is 1. The van der Waals surface area contributed by atoms with Crippen LogP contribution >= 0.6 is 0 Å². The molecule has 0 heterocycles. The zero-order valence-corrected chi connectivity index (χ0v) is 4.62. The molecule has 1 nitrogen and oxygen atoms in total. The van der Waals surface area contributed by atoms with Gasteiger partial charge in [-0.1, -0.05) is 6.92 Å². The Hall–Kier alpha value is -0.705. The molecule has 0 rings (SSSR count). The Morgan fingerprint density at radius 3 is 2.57 bits per heavy atom. The Labute approximate surface area is 44.5 Å². The molecular weight excluding hydrogens is 86.9 g/mol. The van der Waals surface area contributed by atoms with Gasteiger partial charge in [0.1, 0.15) is 0 Å². The smallest absolute Gasteiger partial charge is 0.204 e. The number of carbonyl (C=O) groups is 1. The van der Waals surface area contributed by atoms with E-state index >= 15 is 0 Å². The van der Waals surface area contributed by atoms with Gasteiger partial charge in [0.25, 0.3) is 0 Å². The van der Waals surface area contributed by atoms with E-state index in [0.717, 1.165) is 0 Å². The largest absolute Gasteiger partial charge is 0.285 e. The summed E-state index contributed by atoms with van der Waals surface area (Å²) in [6.07, 6.45) is 0.529. The number of Topliss-reactive ketones (excluding diaryl/α,β-unsaturated/α-hetero) is 1. The molecule has 0 amide bonds. The summed E-state index contributed by atoms with van der Waals surface area (Å²) < 4.78 is 0. The number of rotatable bonds is 1. The van der Waals surface area contributed by atoms with E-state index in [1.54, 1.807) is 14.8 Å². The van der Waals surface area contributed by atoms with Gasteiger partial charge in [0.2, 0.25) is 5.78 Å². The van der Waals surface area contributed by atoms with Crippen LogP contribution in [0.2, 0.25) is 0 Å². The zero-order valence-electron chi connectivity index (χ0n) is 4.62. The highest BCUT2D eigenvalue weighted by atomic mass is 16.1. The number of hydrogen-bond donors (Lipinski definition) is 0. The van der Waals surface area contributed by atoms with Crippen molar-refractivity contribution in [3.63, 3.8) is 0 Å². The third kappa shape index (κ3) is 3.12. The van der Waals surface area contributed by atoms with Crippen molar-refractivity contribution in [3.05, 3.63) is 0 Å². The molecular formula is C5H7BO. The first kappa shape index (κ1) is 6.29. The average Bonchev–Trinajstić information content (AvgIpc) is 1.68. The molecule has 36 valence electrons. The Morgan fingerprint density at radius 2 is 2.43 bits per heavy atom. The van der Waals surface area contributed by atoms with Crippen LogP contribution in [0.5, 0.6) is 0 Å². The molecule has 0 aromatic carbocycles. The van der Waals surface area contributed by atoms with Gasteiger partial charge >= 0.3 is 0 Å². The molecule has 0 bridgehead atoms. The van der Waals surface area contributed by atoms with Crippen LogP contribution in [0.3, 0.4) is 0 Å². The van der Waals surface area contributed by atoms with Crippen LogP contribution in [0.25, 0.3) is 0 Å².